The predicted octanol–water partition coefficient (Wildman–Crippen LogP) is 3.92. The number of allylic oxidation sites excluding steroid dienone is 2. The van der Waals surface area contributed by atoms with Gasteiger partial charge >= 0.3 is 11.9 Å². The standard InChI is InChI=1S/C28H37N5O6.C27H37N5O6.C27H38N4O4/c1-16(29-2)24(34)31-21-9-4-3-8-19-10-11-22(33(19)27(21)37)25(35)30-14-17-6-5-7-18(12-17)26(36)32-15-20-13-23(32)28(38)39-20;1-16(28-2)24(34)31-20-9-4-3-8-19-10-11-21(32(19)27(20)37)25(35)29-15-17-6-5-7-18(14-17)30-26(36)22-12-13-23(33)38-22;1-17(2)14-24(32)20-9-7-8-19(15-20)16-29-26(34)23-13-12-21-10-5-6-11-22(27(35)31(21)23)30-25(33)18(3)28-4/h5-7,12,16,19-23,29H,3-4,8-11,13-15H2,1-2H3,(H,30,35)(H,31,34);5-7,14,16,19-22,28H,3-4,8-13,15H2,1-2H3,(H,29,35)(H,30,36)(H,31,34);7-9,14-15,18,21-23,28H,5-6,10-13,16H2,1-4H3,(H,29,34)(H,30,33)/t16-,19-,20-,21-,22-,23-;16-,19-,20-,21-,22+;18-,21-,22-,23-/m000/s1. The number of carbonyl (C=O) groups excluding carboxylic acids is 14. The zero-order valence-corrected chi connectivity index (χ0v) is 65.7. The molecule has 112 heavy (non-hydrogen) atoms. The van der Waals surface area contributed by atoms with Gasteiger partial charge in [-0.1, -0.05) is 86.6 Å². The Morgan fingerprint density at radius 1 is 0.473 bits per heavy atom. The summed E-state index contributed by atoms with van der Waals surface area (Å²) in [4.78, 5) is 185. The highest BCUT2D eigenvalue weighted by molar-refractivity contribution is 6.05. The van der Waals surface area contributed by atoms with Crippen molar-refractivity contribution in [1.29, 1.82) is 0 Å². The topological polar surface area (TPSA) is 391 Å². The van der Waals surface area contributed by atoms with Gasteiger partial charge in [-0.3, -0.25) is 62.3 Å². The number of carbonyl (C=O) groups is 14. The molecule has 3 aromatic carbocycles. The maximum absolute atomic E-state index is 13.6. The van der Waals surface area contributed by atoms with Gasteiger partial charge in [0.15, 0.2) is 11.9 Å². The van der Waals surface area contributed by atoms with Crippen LogP contribution in [0.15, 0.2) is 84.4 Å². The number of likely N-dealkylation sites (N-methyl/N-ethyl adjacent to an activating group) is 3. The number of rotatable bonds is 23. The molecule has 0 aromatic heterocycles. The van der Waals surface area contributed by atoms with Crippen molar-refractivity contribution < 1.29 is 76.6 Å². The lowest BCUT2D eigenvalue weighted by Gasteiger charge is -2.35. The number of morpholine rings is 1. The van der Waals surface area contributed by atoms with Crippen molar-refractivity contribution in [2.24, 2.45) is 0 Å². The SMILES string of the molecule is CN[C@@H](C)C(=O)N[C@H]1CCCC[C@H]2CC[C@@H](C(=O)NCc3cccc(C(=O)C=C(C)C)c3)N2C1=O.CN[C@@H](C)C(=O)N[C@H]1CCCC[C@H]2CC[C@@H](C(=O)NCc3cccc(C(=O)N4C[C@@H]5C[C@H]4C(=O)O5)c3)N2C1=O.CN[C@@H](C)C(=O)N[C@H]1CCCC[C@H]2CC[C@@H](C(=O)NCc3cccc(NC(=O)[C@H]4CCC(=O)O4)c3)N2C1=O. The van der Waals surface area contributed by atoms with Crippen LogP contribution in [-0.2, 0) is 86.6 Å². The Morgan fingerprint density at radius 2 is 0.875 bits per heavy atom. The normalized spacial score (nSPS) is 26.0. The summed E-state index contributed by atoms with van der Waals surface area (Å²) in [6.45, 7) is 10.1. The summed E-state index contributed by atoms with van der Waals surface area (Å²) in [5.41, 5.74) is 4.85. The largest absolute Gasteiger partial charge is 0.459 e. The van der Waals surface area contributed by atoms with Gasteiger partial charge < -0.3 is 82.2 Å². The number of cyclic esters (lactones) is 1. The highest BCUT2D eigenvalue weighted by Gasteiger charge is 2.50. The lowest BCUT2D eigenvalue weighted by Crippen LogP contribution is -2.57. The number of esters is 2. The molecule has 0 unspecified atom stereocenters. The average molecular weight is 1550 g/mol. The minimum atomic E-state index is -0.786. The van der Waals surface area contributed by atoms with Crippen molar-refractivity contribution in [1.82, 2.24) is 67.5 Å². The maximum atomic E-state index is 13.6. The molecule has 10 N–H and O–H groups in total. The molecule has 9 saturated heterocycles. The van der Waals surface area contributed by atoms with Crippen molar-refractivity contribution in [3.8, 4) is 0 Å². The molecule has 9 aliphatic rings. The molecule has 0 saturated carbocycles. The first-order valence-electron chi connectivity index (χ1n) is 39.9. The summed E-state index contributed by atoms with van der Waals surface area (Å²) < 4.78 is 10.2. The van der Waals surface area contributed by atoms with Crippen LogP contribution in [0, 0.1) is 0 Å². The fourth-order valence-corrected chi connectivity index (χ4v) is 16.4. The molecule has 9 heterocycles. The molecule has 606 valence electrons. The van der Waals surface area contributed by atoms with Crippen molar-refractivity contribution in [2.75, 3.05) is 33.0 Å². The number of anilines is 1. The molecule has 9 aliphatic heterocycles. The van der Waals surface area contributed by atoms with Gasteiger partial charge in [-0.25, -0.2) is 4.79 Å². The number of fused-ring (bicyclic) bond motifs is 5. The van der Waals surface area contributed by atoms with E-state index in [2.05, 4.69) is 53.2 Å². The molecule has 15 atom stereocenters. The van der Waals surface area contributed by atoms with E-state index in [-0.39, 0.29) is 133 Å². The fraction of sp³-hybridized carbons (Fsp3) is 0.585. The van der Waals surface area contributed by atoms with Crippen molar-refractivity contribution >= 4 is 88.4 Å². The number of ether oxygens (including phenoxy) is 2. The Bertz CT molecular complexity index is 4020. The number of hydrogen-bond donors (Lipinski definition) is 10. The second-order valence-corrected chi connectivity index (χ2v) is 31.2. The predicted molar refractivity (Wildman–Crippen MR) is 413 cm³/mol. The number of benzene rings is 3. The number of likely N-dealkylation sites (tertiary alicyclic amines) is 1. The molecule has 0 aliphatic carbocycles. The number of nitrogens with one attached hydrogen (secondary N) is 10. The van der Waals surface area contributed by atoms with Crippen molar-refractivity contribution in [3.05, 3.63) is 112 Å². The monoisotopic (exact) mass is 1550 g/mol. The van der Waals surface area contributed by atoms with Gasteiger partial charge in [-0.15, -0.1) is 0 Å². The third kappa shape index (κ3) is 21.4. The van der Waals surface area contributed by atoms with Gasteiger partial charge in [0.2, 0.25) is 53.2 Å². The summed E-state index contributed by atoms with van der Waals surface area (Å²) in [7, 11) is 5.09. The van der Waals surface area contributed by atoms with Crippen LogP contribution in [0.4, 0.5) is 5.69 Å². The van der Waals surface area contributed by atoms with E-state index >= 15 is 0 Å². The second-order valence-electron chi connectivity index (χ2n) is 31.2. The van der Waals surface area contributed by atoms with Gasteiger partial charge in [0.05, 0.1) is 24.7 Å². The zero-order valence-electron chi connectivity index (χ0n) is 65.7. The van der Waals surface area contributed by atoms with Crippen LogP contribution in [0.5, 0.6) is 0 Å². The maximum Gasteiger partial charge on any atom is 0.329 e. The van der Waals surface area contributed by atoms with Gasteiger partial charge in [-0.2, -0.15) is 0 Å². The highest BCUT2D eigenvalue weighted by Crippen LogP contribution is 2.36. The van der Waals surface area contributed by atoms with Crippen LogP contribution in [-0.4, -0.2) is 221 Å². The second kappa shape index (κ2) is 39.5. The molecule has 30 nitrogen and oxygen atoms in total. The van der Waals surface area contributed by atoms with Crippen LogP contribution in [0.2, 0.25) is 0 Å². The van der Waals surface area contributed by atoms with Crippen LogP contribution in [0.1, 0.15) is 207 Å². The van der Waals surface area contributed by atoms with Gasteiger partial charge in [0, 0.05) is 73.8 Å². The van der Waals surface area contributed by atoms with Crippen LogP contribution in [0.3, 0.4) is 0 Å². The van der Waals surface area contributed by atoms with Crippen LogP contribution >= 0.6 is 0 Å². The summed E-state index contributed by atoms with van der Waals surface area (Å²) in [6, 6.07) is 15.9. The van der Waals surface area contributed by atoms with E-state index in [0.717, 1.165) is 99.3 Å². The van der Waals surface area contributed by atoms with Gasteiger partial charge in [0.1, 0.15) is 48.4 Å². The Kier molecular flexibility index (Phi) is 29.8. The minimum Gasteiger partial charge on any atom is -0.459 e. The van der Waals surface area contributed by atoms with E-state index in [1.165, 1.54) is 0 Å². The third-order valence-electron chi connectivity index (χ3n) is 23.0. The van der Waals surface area contributed by atoms with E-state index in [0.29, 0.717) is 74.7 Å². The summed E-state index contributed by atoms with van der Waals surface area (Å²) in [5.74, 6) is -3.31. The highest BCUT2D eigenvalue weighted by atomic mass is 16.6. The molecule has 0 spiro atoms. The smallest absolute Gasteiger partial charge is 0.329 e. The lowest BCUT2D eigenvalue weighted by atomic mass is 9.98. The first kappa shape index (κ1) is 84.5. The number of nitrogens with zero attached hydrogens (tertiary/aromatic N) is 4. The van der Waals surface area contributed by atoms with Crippen molar-refractivity contribution in [2.45, 2.75) is 280 Å². The van der Waals surface area contributed by atoms with E-state index in [4.69, 9.17) is 9.47 Å². The minimum absolute atomic E-state index is 0.0112. The van der Waals surface area contributed by atoms with E-state index < -0.39 is 66.5 Å². The number of amides is 11. The van der Waals surface area contributed by atoms with Crippen LogP contribution in [0.25, 0.3) is 0 Å². The van der Waals surface area contributed by atoms with E-state index in [1.54, 1.807) is 122 Å². The number of ketones is 1. The Hall–Kier alpha value is -9.94. The molecule has 2 bridgehead atoms. The van der Waals surface area contributed by atoms with Crippen molar-refractivity contribution in [3.63, 3.8) is 0 Å². The molecule has 9 fully saturated rings. The Labute approximate surface area is 654 Å². The molecule has 0 radical (unpaired) electrons. The molecule has 30 heteroatoms. The lowest BCUT2D eigenvalue weighted by molar-refractivity contribution is -0.149. The molecule has 3 aromatic rings. The molecular weight excluding hydrogens is 1440 g/mol. The summed E-state index contributed by atoms with van der Waals surface area (Å²) in [5, 5.41) is 28.9. The summed E-state index contributed by atoms with van der Waals surface area (Å²) >= 11 is 0. The zero-order chi connectivity index (χ0) is 80.4. The van der Waals surface area contributed by atoms with Crippen LogP contribution < -0.4 is 53.2 Å². The first-order valence-corrected chi connectivity index (χ1v) is 39.9. The third-order valence-corrected chi connectivity index (χ3v) is 23.0. The number of hydrogen-bond acceptors (Lipinski definition) is 19. The Balaban J connectivity index is 0.000000179. The molecule has 12 rings (SSSR count). The fourth-order valence-electron chi connectivity index (χ4n) is 16.4. The molecule has 11 amide bonds. The van der Waals surface area contributed by atoms with E-state index in [9.17, 15) is 67.1 Å². The van der Waals surface area contributed by atoms with E-state index in [1.807, 2.05) is 32.0 Å². The first-order chi connectivity index (χ1) is 53.7. The molecular formula is C82H112N14O16. The van der Waals surface area contributed by atoms with Gasteiger partial charge in [-0.05, 0) is 186 Å². The van der Waals surface area contributed by atoms with Gasteiger partial charge in [0.25, 0.3) is 11.8 Å². The Morgan fingerprint density at radius 3 is 1.27 bits per heavy atom. The quantitative estimate of drug-likeness (QED) is 0.0365. The summed E-state index contributed by atoms with van der Waals surface area (Å²) in [6.07, 6.45) is 15.4. The average Bonchev–Trinajstić information content (AvgIpc) is 1.65.